The fourth-order valence-corrected chi connectivity index (χ4v) is 1.25. The molecule has 0 atom stereocenters. The summed E-state index contributed by atoms with van der Waals surface area (Å²) in [5.41, 5.74) is 7.88. The zero-order valence-corrected chi connectivity index (χ0v) is 9.90. The lowest BCUT2D eigenvalue weighted by molar-refractivity contribution is -0.139. The minimum Gasteiger partial charge on any atom is -0.493 e. The first-order valence-corrected chi connectivity index (χ1v) is 4.86. The summed E-state index contributed by atoms with van der Waals surface area (Å²) in [5.74, 6) is 0.455. The standard InChI is InChI=1S/C11H14F3NO.H3N/c1-7-8(2)10(4-3-9(7)15)16-6-5-11(12,13)14;/h3-4H,5-6,15H2,1-2H3;1H3. The van der Waals surface area contributed by atoms with Gasteiger partial charge in [0, 0.05) is 5.69 Å². The van der Waals surface area contributed by atoms with Crippen molar-refractivity contribution >= 4 is 5.69 Å². The van der Waals surface area contributed by atoms with Crippen molar-refractivity contribution in [2.24, 2.45) is 0 Å². The van der Waals surface area contributed by atoms with Gasteiger partial charge in [0.1, 0.15) is 5.75 Å². The van der Waals surface area contributed by atoms with E-state index < -0.39 is 12.6 Å². The molecule has 17 heavy (non-hydrogen) atoms. The molecule has 0 aliphatic heterocycles. The molecule has 0 fully saturated rings. The van der Waals surface area contributed by atoms with Crippen LogP contribution in [0, 0.1) is 13.8 Å². The maximum Gasteiger partial charge on any atom is 0.392 e. The van der Waals surface area contributed by atoms with E-state index in [1.165, 1.54) is 0 Å². The van der Waals surface area contributed by atoms with Gasteiger partial charge in [-0.15, -0.1) is 0 Å². The summed E-state index contributed by atoms with van der Waals surface area (Å²) in [6.45, 7) is 3.21. The summed E-state index contributed by atoms with van der Waals surface area (Å²) < 4.78 is 40.8. The molecular weight excluding hydrogens is 233 g/mol. The number of anilines is 1. The first-order chi connectivity index (χ1) is 7.31. The van der Waals surface area contributed by atoms with Gasteiger partial charge in [0.25, 0.3) is 0 Å². The van der Waals surface area contributed by atoms with E-state index in [-0.39, 0.29) is 12.8 Å². The summed E-state index contributed by atoms with van der Waals surface area (Å²) in [5, 5.41) is 0. The van der Waals surface area contributed by atoms with Crippen LogP contribution in [-0.4, -0.2) is 12.8 Å². The number of ether oxygens (including phenoxy) is 1. The average Bonchev–Trinajstić information content (AvgIpc) is 2.16. The second kappa shape index (κ2) is 5.77. The number of nitrogen functional groups attached to an aromatic ring is 1. The first kappa shape index (κ1) is 15.6. The second-order valence-corrected chi connectivity index (χ2v) is 3.62. The highest BCUT2D eigenvalue weighted by Crippen LogP contribution is 2.26. The second-order valence-electron chi connectivity index (χ2n) is 3.62. The van der Waals surface area contributed by atoms with Crippen molar-refractivity contribution in [3.63, 3.8) is 0 Å². The molecule has 0 spiro atoms. The molecule has 1 aromatic carbocycles. The zero-order chi connectivity index (χ0) is 12.3. The Kier molecular flexibility index (Phi) is 5.28. The van der Waals surface area contributed by atoms with Crippen LogP contribution in [0.5, 0.6) is 5.75 Å². The van der Waals surface area contributed by atoms with Crippen molar-refractivity contribution in [1.82, 2.24) is 6.15 Å². The largest absolute Gasteiger partial charge is 0.493 e. The third-order valence-electron chi connectivity index (χ3n) is 2.42. The molecule has 0 amide bonds. The Morgan fingerprint density at radius 2 is 1.76 bits per heavy atom. The van der Waals surface area contributed by atoms with E-state index in [0.29, 0.717) is 11.4 Å². The number of hydrogen-bond acceptors (Lipinski definition) is 3. The maximum atomic E-state index is 11.9. The van der Waals surface area contributed by atoms with Gasteiger partial charge < -0.3 is 16.6 Å². The Morgan fingerprint density at radius 3 is 2.29 bits per heavy atom. The number of hydrogen-bond donors (Lipinski definition) is 2. The molecule has 0 aliphatic rings. The van der Waals surface area contributed by atoms with E-state index in [1.54, 1.807) is 26.0 Å². The Morgan fingerprint density at radius 1 is 1.18 bits per heavy atom. The van der Waals surface area contributed by atoms with Gasteiger partial charge in [0.05, 0.1) is 13.0 Å². The van der Waals surface area contributed by atoms with E-state index in [1.807, 2.05) is 0 Å². The Bertz CT molecular complexity index is 378. The maximum absolute atomic E-state index is 11.9. The summed E-state index contributed by atoms with van der Waals surface area (Å²) in [6.07, 6.45) is -5.13. The monoisotopic (exact) mass is 250 g/mol. The van der Waals surface area contributed by atoms with Gasteiger partial charge in [0.15, 0.2) is 0 Å². The van der Waals surface area contributed by atoms with Gasteiger partial charge in [-0.3, -0.25) is 0 Å². The van der Waals surface area contributed by atoms with Crippen molar-refractivity contribution in [3.8, 4) is 5.75 Å². The van der Waals surface area contributed by atoms with Gasteiger partial charge in [-0.25, -0.2) is 0 Å². The molecule has 0 saturated carbocycles. The van der Waals surface area contributed by atoms with Crippen LogP contribution in [-0.2, 0) is 0 Å². The minimum absolute atomic E-state index is 0. The molecule has 0 unspecified atom stereocenters. The van der Waals surface area contributed by atoms with Crippen LogP contribution in [0.4, 0.5) is 18.9 Å². The molecule has 3 nitrogen and oxygen atoms in total. The van der Waals surface area contributed by atoms with Gasteiger partial charge >= 0.3 is 6.18 Å². The molecule has 0 heterocycles. The third kappa shape index (κ3) is 4.52. The molecule has 0 radical (unpaired) electrons. The van der Waals surface area contributed by atoms with E-state index >= 15 is 0 Å². The lowest BCUT2D eigenvalue weighted by Gasteiger charge is -2.13. The molecule has 1 aromatic rings. The normalized spacial score (nSPS) is 10.9. The van der Waals surface area contributed by atoms with E-state index in [0.717, 1.165) is 11.1 Å². The van der Waals surface area contributed by atoms with Crippen LogP contribution in [0.25, 0.3) is 0 Å². The Balaban J connectivity index is 0.00000256. The lowest BCUT2D eigenvalue weighted by Crippen LogP contribution is -2.13. The van der Waals surface area contributed by atoms with Crippen LogP contribution in [0.2, 0.25) is 0 Å². The highest BCUT2D eigenvalue weighted by Gasteiger charge is 2.26. The van der Waals surface area contributed by atoms with Crippen LogP contribution >= 0.6 is 0 Å². The van der Waals surface area contributed by atoms with Gasteiger partial charge in [-0.1, -0.05) is 0 Å². The number of halogens is 3. The number of alkyl halides is 3. The lowest BCUT2D eigenvalue weighted by atomic mass is 10.1. The fraction of sp³-hybridized carbons (Fsp3) is 0.455. The van der Waals surface area contributed by atoms with Crippen molar-refractivity contribution < 1.29 is 17.9 Å². The quantitative estimate of drug-likeness (QED) is 0.808. The predicted octanol–water partition coefficient (Wildman–Crippen LogP) is 3.38. The molecule has 6 heteroatoms. The molecule has 0 bridgehead atoms. The van der Waals surface area contributed by atoms with Crippen LogP contribution < -0.4 is 16.6 Å². The predicted molar refractivity (Wildman–Crippen MR) is 61.5 cm³/mol. The first-order valence-electron chi connectivity index (χ1n) is 4.86. The molecule has 0 aliphatic carbocycles. The van der Waals surface area contributed by atoms with Gasteiger partial charge in [-0.05, 0) is 37.1 Å². The van der Waals surface area contributed by atoms with Crippen LogP contribution in [0.15, 0.2) is 12.1 Å². The highest BCUT2D eigenvalue weighted by molar-refractivity contribution is 5.55. The van der Waals surface area contributed by atoms with Gasteiger partial charge in [-0.2, -0.15) is 13.2 Å². The molecular formula is C11H17F3N2O. The Labute approximate surface area is 98.3 Å². The Hall–Kier alpha value is -1.43. The molecule has 1 rings (SSSR count). The summed E-state index contributed by atoms with van der Waals surface area (Å²) in [7, 11) is 0. The van der Waals surface area contributed by atoms with Gasteiger partial charge in [0.2, 0.25) is 0 Å². The highest BCUT2D eigenvalue weighted by atomic mass is 19.4. The van der Waals surface area contributed by atoms with E-state index in [9.17, 15) is 13.2 Å². The number of rotatable bonds is 3. The van der Waals surface area contributed by atoms with Crippen LogP contribution in [0.1, 0.15) is 17.5 Å². The SMILES string of the molecule is Cc1c(N)ccc(OCCC(F)(F)F)c1C.N. The van der Waals surface area contributed by atoms with E-state index in [4.69, 9.17) is 10.5 Å². The average molecular weight is 250 g/mol. The van der Waals surface area contributed by atoms with E-state index in [2.05, 4.69) is 0 Å². The smallest absolute Gasteiger partial charge is 0.392 e. The summed E-state index contributed by atoms with van der Waals surface area (Å²) in [4.78, 5) is 0. The third-order valence-corrected chi connectivity index (χ3v) is 2.42. The molecule has 0 aromatic heterocycles. The zero-order valence-electron chi connectivity index (χ0n) is 9.90. The molecule has 5 N–H and O–H groups in total. The fourth-order valence-electron chi connectivity index (χ4n) is 1.25. The minimum atomic E-state index is -4.18. The summed E-state index contributed by atoms with van der Waals surface area (Å²) in [6, 6.07) is 3.22. The van der Waals surface area contributed by atoms with Crippen molar-refractivity contribution in [2.45, 2.75) is 26.4 Å². The summed E-state index contributed by atoms with van der Waals surface area (Å²) >= 11 is 0. The van der Waals surface area contributed by atoms with Crippen molar-refractivity contribution in [2.75, 3.05) is 12.3 Å². The topological polar surface area (TPSA) is 70.2 Å². The van der Waals surface area contributed by atoms with Crippen LogP contribution in [0.3, 0.4) is 0 Å². The number of benzene rings is 1. The van der Waals surface area contributed by atoms with Crippen molar-refractivity contribution in [1.29, 1.82) is 0 Å². The molecule has 0 saturated heterocycles. The molecule has 98 valence electrons. The number of nitrogens with two attached hydrogens (primary N) is 1. The van der Waals surface area contributed by atoms with Crippen molar-refractivity contribution in [3.05, 3.63) is 23.3 Å².